The van der Waals surface area contributed by atoms with Gasteiger partial charge in [-0.15, -0.1) is 0 Å². The number of nitriles is 1. The van der Waals surface area contributed by atoms with Crippen LogP contribution in [0.3, 0.4) is 0 Å². The van der Waals surface area contributed by atoms with Gasteiger partial charge in [-0.05, 0) is 36.2 Å². The Labute approximate surface area is 253 Å². The predicted octanol–water partition coefficient (Wildman–Crippen LogP) is 5.61. The first-order valence-corrected chi connectivity index (χ1v) is 15.2. The molecule has 3 aromatic carbocycles. The predicted molar refractivity (Wildman–Crippen MR) is 173 cm³/mol. The quantitative estimate of drug-likeness (QED) is 0.150. The van der Waals surface area contributed by atoms with Gasteiger partial charge in [-0.3, -0.25) is 19.5 Å². The van der Waals surface area contributed by atoms with Crippen molar-refractivity contribution in [2.45, 2.75) is 46.8 Å². The van der Waals surface area contributed by atoms with Gasteiger partial charge in [0.15, 0.2) is 5.78 Å². The van der Waals surface area contributed by atoms with E-state index in [1.54, 1.807) is 0 Å². The van der Waals surface area contributed by atoms with Crippen LogP contribution in [0.15, 0.2) is 91.0 Å². The van der Waals surface area contributed by atoms with Crippen molar-refractivity contribution in [2.24, 2.45) is 5.41 Å². The van der Waals surface area contributed by atoms with Crippen LogP contribution in [0.5, 0.6) is 0 Å². The van der Waals surface area contributed by atoms with Crippen molar-refractivity contribution in [1.82, 2.24) is 20.0 Å². The number of rotatable bonds is 19. The highest BCUT2D eigenvalue weighted by Gasteiger charge is 2.20. The molecule has 0 atom stereocenters. The summed E-state index contributed by atoms with van der Waals surface area (Å²) in [5.74, 6) is 0.248. The molecule has 3 rings (SSSR count). The van der Waals surface area contributed by atoms with Crippen LogP contribution < -0.4 is 5.32 Å². The Morgan fingerprint density at radius 1 is 0.667 bits per heavy atom. The molecule has 224 valence electrons. The van der Waals surface area contributed by atoms with Crippen molar-refractivity contribution in [3.05, 3.63) is 108 Å². The second-order valence-corrected chi connectivity index (χ2v) is 12.1. The monoisotopic (exact) mass is 567 g/mol. The molecule has 3 aromatic rings. The van der Waals surface area contributed by atoms with E-state index in [0.717, 1.165) is 65.3 Å². The van der Waals surface area contributed by atoms with Gasteiger partial charge in [0.1, 0.15) is 0 Å². The van der Waals surface area contributed by atoms with Crippen LogP contribution in [-0.2, 0) is 24.4 Å². The number of hydrogen-bond donors (Lipinski definition) is 1. The van der Waals surface area contributed by atoms with Gasteiger partial charge in [0.2, 0.25) is 0 Å². The van der Waals surface area contributed by atoms with E-state index in [1.807, 2.05) is 26.8 Å². The third-order valence-electron chi connectivity index (χ3n) is 7.46. The summed E-state index contributed by atoms with van der Waals surface area (Å²) in [5, 5.41) is 12.8. The molecule has 6 nitrogen and oxygen atoms in total. The van der Waals surface area contributed by atoms with E-state index < -0.39 is 0 Å². The van der Waals surface area contributed by atoms with Gasteiger partial charge in [0.25, 0.3) is 0 Å². The number of Topliss-reactive ketones (excluding diaryl/α,β-unsaturated/α-hetero) is 1. The van der Waals surface area contributed by atoms with Crippen LogP contribution in [0.1, 0.15) is 43.9 Å². The molecule has 6 heteroatoms. The molecule has 0 aromatic heterocycles. The van der Waals surface area contributed by atoms with Gasteiger partial charge in [-0.2, -0.15) is 5.26 Å². The Morgan fingerprint density at radius 3 is 1.50 bits per heavy atom. The maximum atomic E-state index is 12.3. The summed E-state index contributed by atoms with van der Waals surface area (Å²) in [4.78, 5) is 19.6. The second kappa shape index (κ2) is 18.3. The number of ketones is 1. The van der Waals surface area contributed by atoms with Crippen LogP contribution in [-0.4, -0.2) is 72.8 Å². The zero-order valence-electron chi connectivity index (χ0n) is 25.8. The van der Waals surface area contributed by atoms with Crippen LogP contribution >= 0.6 is 0 Å². The van der Waals surface area contributed by atoms with E-state index >= 15 is 0 Å². The molecule has 0 saturated carbocycles. The number of carbonyl (C=O) groups is 1. The lowest BCUT2D eigenvalue weighted by Gasteiger charge is -2.30. The van der Waals surface area contributed by atoms with E-state index in [-0.39, 0.29) is 11.2 Å². The van der Waals surface area contributed by atoms with E-state index in [1.165, 1.54) is 16.7 Å². The Morgan fingerprint density at radius 2 is 1.07 bits per heavy atom. The molecule has 0 spiro atoms. The maximum Gasteiger partial charge on any atom is 0.151 e. The fraction of sp³-hybridized carbons (Fsp3) is 0.444. The number of carbonyl (C=O) groups excluding carboxylic acids is 1. The molecule has 0 unspecified atom stereocenters. The first-order valence-electron chi connectivity index (χ1n) is 15.2. The molecule has 0 saturated heterocycles. The molecule has 0 aliphatic rings. The van der Waals surface area contributed by atoms with Crippen molar-refractivity contribution >= 4 is 5.78 Å². The zero-order valence-corrected chi connectivity index (χ0v) is 25.8. The van der Waals surface area contributed by atoms with Gasteiger partial charge >= 0.3 is 0 Å². The topological polar surface area (TPSA) is 62.6 Å². The van der Waals surface area contributed by atoms with Crippen molar-refractivity contribution in [3.8, 4) is 6.07 Å². The van der Waals surface area contributed by atoms with Gasteiger partial charge < -0.3 is 5.32 Å². The standard InChI is InChI=1S/C36H49N5O/c1-36(2,3)35(42)28-38-21-13-22-39(29-32-14-7-4-8-15-32)24-26-41(31-34-18-11-6-12-19-34)27-25-40(23-20-37)30-33-16-9-5-10-17-33/h4-12,14-19,38H,13,21-31H2,1-3H3. The lowest BCUT2D eigenvalue weighted by molar-refractivity contribution is -0.125. The minimum atomic E-state index is -0.307. The molecule has 0 heterocycles. The van der Waals surface area contributed by atoms with E-state index in [0.29, 0.717) is 13.1 Å². The smallest absolute Gasteiger partial charge is 0.151 e. The van der Waals surface area contributed by atoms with Crippen LogP contribution in [0.2, 0.25) is 0 Å². The molecule has 0 bridgehead atoms. The van der Waals surface area contributed by atoms with Gasteiger partial charge in [-0.25, -0.2) is 0 Å². The summed E-state index contributed by atoms with van der Waals surface area (Å²) in [5.41, 5.74) is 3.54. The fourth-order valence-corrected chi connectivity index (χ4v) is 4.84. The summed E-state index contributed by atoms with van der Waals surface area (Å²) in [6.45, 7) is 14.7. The summed E-state index contributed by atoms with van der Waals surface area (Å²) in [6, 6.07) is 34.1. The minimum Gasteiger partial charge on any atom is -0.310 e. The molecular formula is C36H49N5O. The largest absolute Gasteiger partial charge is 0.310 e. The van der Waals surface area contributed by atoms with Crippen LogP contribution in [0, 0.1) is 16.7 Å². The molecule has 0 amide bonds. The summed E-state index contributed by atoms with van der Waals surface area (Å²) in [6.07, 6.45) is 0.982. The molecular weight excluding hydrogens is 518 g/mol. The molecule has 0 aliphatic carbocycles. The van der Waals surface area contributed by atoms with Crippen molar-refractivity contribution in [2.75, 3.05) is 52.4 Å². The molecule has 0 radical (unpaired) electrons. The zero-order chi connectivity index (χ0) is 30.0. The highest BCUT2D eigenvalue weighted by Crippen LogP contribution is 2.13. The number of nitrogens with one attached hydrogen (secondary N) is 1. The van der Waals surface area contributed by atoms with Gasteiger partial charge in [-0.1, -0.05) is 112 Å². The number of hydrogen-bond acceptors (Lipinski definition) is 6. The third-order valence-corrected chi connectivity index (χ3v) is 7.46. The second-order valence-electron chi connectivity index (χ2n) is 12.1. The normalized spacial score (nSPS) is 11.7. The Balaban J connectivity index is 1.61. The maximum absolute atomic E-state index is 12.3. The Hall–Kier alpha value is -3.34. The van der Waals surface area contributed by atoms with Crippen LogP contribution in [0.4, 0.5) is 0 Å². The SMILES string of the molecule is CC(C)(C)C(=O)CNCCCN(CCN(CCN(CC#N)Cc1ccccc1)Cc1ccccc1)Cc1ccccc1. The summed E-state index contributed by atoms with van der Waals surface area (Å²) >= 11 is 0. The highest BCUT2D eigenvalue weighted by molar-refractivity contribution is 5.85. The Bertz CT molecular complexity index is 1190. The first-order chi connectivity index (χ1) is 20.3. The Kier molecular flexibility index (Phi) is 14.4. The van der Waals surface area contributed by atoms with Crippen LogP contribution in [0.25, 0.3) is 0 Å². The first kappa shape index (κ1) is 33.2. The lowest BCUT2D eigenvalue weighted by Crippen LogP contribution is -2.40. The molecule has 42 heavy (non-hydrogen) atoms. The van der Waals surface area contributed by atoms with E-state index in [4.69, 9.17) is 0 Å². The number of benzene rings is 3. The van der Waals surface area contributed by atoms with Gasteiger partial charge in [0.05, 0.1) is 19.2 Å². The number of nitrogens with zero attached hydrogens (tertiary/aromatic N) is 4. The summed E-state index contributed by atoms with van der Waals surface area (Å²) in [7, 11) is 0. The fourth-order valence-electron chi connectivity index (χ4n) is 4.84. The van der Waals surface area contributed by atoms with E-state index in [9.17, 15) is 10.1 Å². The van der Waals surface area contributed by atoms with Crippen molar-refractivity contribution in [1.29, 1.82) is 5.26 Å². The third kappa shape index (κ3) is 13.1. The highest BCUT2D eigenvalue weighted by atomic mass is 16.1. The summed E-state index contributed by atoms with van der Waals surface area (Å²) < 4.78 is 0. The molecule has 1 N–H and O–H groups in total. The van der Waals surface area contributed by atoms with E-state index in [2.05, 4.69) is 111 Å². The molecule has 0 fully saturated rings. The van der Waals surface area contributed by atoms with Crippen molar-refractivity contribution < 1.29 is 4.79 Å². The average molecular weight is 568 g/mol. The lowest BCUT2D eigenvalue weighted by atomic mass is 9.91. The van der Waals surface area contributed by atoms with Gasteiger partial charge in [0, 0.05) is 51.2 Å². The molecule has 0 aliphatic heterocycles. The minimum absolute atomic E-state index is 0.248. The average Bonchev–Trinajstić information content (AvgIpc) is 2.99. The van der Waals surface area contributed by atoms with Crippen molar-refractivity contribution in [3.63, 3.8) is 0 Å².